The number of nitrogens with zero attached hydrogens (tertiary/aromatic N) is 2. The number of fused-ring (bicyclic) bond motifs is 1. The number of ether oxygens (including phenoxy) is 3. The summed E-state index contributed by atoms with van der Waals surface area (Å²) in [4.78, 5) is 16.9. The molecule has 0 aliphatic heterocycles. The van der Waals surface area contributed by atoms with E-state index in [1.807, 2.05) is 0 Å². The Labute approximate surface area is 191 Å². The molecule has 12 heteroatoms. The summed E-state index contributed by atoms with van der Waals surface area (Å²) in [5, 5.41) is 2.74. The summed E-state index contributed by atoms with van der Waals surface area (Å²) >= 11 is 0. The minimum absolute atomic E-state index is 0.00345. The van der Waals surface area contributed by atoms with Crippen LogP contribution in [0, 0.1) is 0 Å². The largest absolute Gasteiger partial charge is 0.496 e. The maximum absolute atomic E-state index is 13.4. The summed E-state index contributed by atoms with van der Waals surface area (Å²) in [6.07, 6.45) is 4.61. The van der Waals surface area contributed by atoms with Crippen molar-refractivity contribution < 1.29 is 36.6 Å². The SMILES string of the molecule is COc1cc(-c2cnc3cc(OCC(F)(F)CN)ccn23)cc(OC(F)F)c1C(=O)NC1CC1. The van der Waals surface area contributed by atoms with Gasteiger partial charge < -0.3 is 25.3 Å². The van der Waals surface area contributed by atoms with Gasteiger partial charge in [-0.1, -0.05) is 0 Å². The number of hydrogen-bond acceptors (Lipinski definition) is 6. The average Bonchev–Trinajstić information content (AvgIpc) is 3.51. The molecule has 0 bridgehead atoms. The summed E-state index contributed by atoms with van der Waals surface area (Å²) in [5.41, 5.74) is 6.07. The molecular weight excluding hydrogens is 460 g/mol. The smallest absolute Gasteiger partial charge is 0.387 e. The van der Waals surface area contributed by atoms with Crippen molar-refractivity contribution in [2.45, 2.75) is 31.4 Å². The quantitative estimate of drug-likeness (QED) is 0.430. The normalized spacial score (nSPS) is 13.9. The van der Waals surface area contributed by atoms with Crippen molar-refractivity contribution >= 4 is 11.6 Å². The summed E-state index contributed by atoms with van der Waals surface area (Å²) in [6, 6.07) is 5.70. The standard InChI is InChI=1S/C22H22F4N4O4/c1-32-16-6-12(7-17(34-21(23)24)19(16)20(31)29-13-2-3-13)15-9-28-18-8-14(4-5-30(15)18)33-11-22(25,26)10-27/h4-9,13,21H,2-3,10-11,27H2,1H3,(H,29,31). The van der Waals surface area contributed by atoms with Crippen molar-refractivity contribution in [1.29, 1.82) is 0 Å². The maximum atomic E-state index is 13.4. The third kappa shape index (κ3) is 5.16. The Bertz CT molecular complexity index is 1200. The number of pyridine rings is 1. The third-order valence-corrected chi connectivity index (χ3v) is 5.17. The number of benzene rings is 1. The van der Waals surface area contributed by atoms with Crippen LogP contribution in [0.1, 0.15) is 23.2 Å². The highest BCUT2D eigenvalue weighted by Gasteiger charge is 2.30. The zero-order valence-corrected chi connectivity index (χ0v) is 18.1. The van der Waals surface area contributed by atoms with Gasteiger partial charge in [-0.2, -0.15) is 8.78 Å². The van der Waals surface area contributed by atoms with Gasteiger partial charge in [0.1, 0.15) is 28.5 Å². The number of nitrogens with one attached hydrogen (secondary N) is 1. The first-order valence-electron chi connectivity index (χ1n) is 10.4. The van der Waals surface area contributed by atoms with Gasteiger partial charge in [0.2, 0.25) is 0 Å². The molecule has 2 heterocycles. The highest BCUT2D eigenvalue weighted by Crippen LogP contribution is 2.37. The number of amides is 1. The monoisotopic (exact) mass is 482 g/mol. The second kappa shape index (κ2) is 9.37. The average molecular weight is 482 g/mol. The number of carbonyl (C=O) groups is 1. The first kappa shape index (κ1) is 23.6. The number of imidazole rings is 1. The van der Waals surface area contributed by atoms with E-state index in [2.05, 4.69) is 15.0 Å². The van der Waals surface area contributed by atoms with E-state index in [4.69, 9.17) is 15.2 Å². The summed E-state index contributed by atoms with van der Waals surface area (Å²) in [6.45, 7) is -4.90. The lowest BCUT2D eigenvalue weighted by Crippen LogP contribution is -2.34. The summed E-state index contributed by atoms with van der Waals surface area (Å²) < 4.78 is 69.7. The lowest BCUT2D eigenvalue weighted by molar-refractivity contribution is -0.0502. The van der Waals surface area contributed by atoms with Crippen LogP contribution in [0.15, 0.2) is 36.7 Å². The second-order valence-corrected chi connectivity index (χ2v) is 7.76. The number of halogens is 4. The van der Waals surface area contributed by atoms with Gasteiger partial charge in [0, 0.05) is 23.9 Å². The predicted octanol–water partition coefficient (Wildman–Crippen LogP) is 3.48. The van der Waals surface area contributed by atoms with Crippen molar-refractivity contribution in [2.24, 2.45) is 5.73 Å². The molecule has 1 aliphatic carbocycles. The summed E-state index contributed by atoms with van der Waals surface area (Å²) in [5.74, 6) is -3.88. The van der Waals surface area contributed by atoms with E-state index >= 15 is 0 Å². The van der Waals surface area contributed by atoms with Crippen LogP contribution < -0.4 is 25.3 Å². The molecule has 1 aliphatic rings. The van der Waals surface area contributed by atoms with Crippen molar-refractivity contribution in [2.75, 3.05) is 20.3 Å². The molecule has 34 heavy (non-hydrogen) atoms. The zero-order valence-electron chi connectivity index (χ0n) is 18.1. The minimum atomic E-state index is -3.17. The molecule has 0 saturated heterocycles. The highest BCUT2D eigenvalue weighted by molar-refractivity contribution is 6.01. The van der Waals surface area contributed by atoms with Crippen molar-refractivity contribution in [1.82, 2.24) is 14.7 Å². The molecule has 3 aromatic rings. The third-order valence-electron chi connectivity index (χ3n) is 5.17. The molecule has 1 aromatic carbocycles. The van der Waals surface area contributed by atoms with Gasteiger partial charge in [0.15, 0.2) is 6.61 Å². The maximum Gasteiger partial charge on any atom is 0.387 e. The second-order valence-electron chi connectivity index (χ2n) is 7.76. The van der Waals surface area contributed by atoms with Crippen LogP contribution in [0.2, 0.25) is 0 Å². The summed E-state index contributed by atoms with van der Waals surface area (Å²) in [7, 11) is 1.31. The van der Waals surface area contributed by atoms with Crippen LogP contribution in [0.25, 0.3) is 16.9 Å². The van der Waals surface area contributed by atoms with Crippen LogP contribution in [-0.4, -0.2) is 54.1 Å². The Morgan fingerprint density at radius 1 is 1.29 bits per heavy atom. The number of alkyl halides is 4. The number of methoxy groups -OCH3 is 1. The first-order chi connectivity index (χ1) is 16.2. The van der Waals surface area contributed by atoms with E-state index in [1.165, 1.54) is 43.8 Å². The molecule has 0 atom stereocenters. The van der Waals surface area contributed by atoms with E-state index in [1.54, 1.807) is 4.40 Å². The minimum Gasteiger partial charge on any atom is -0.496 e. The van der Waals surface area contributed by atoms with Gasteiger partial charge in [-0.25, -0.2) is 13.8 Å². The number of carbonyl (C=O) groups excluding carboxylic acids is 1. The Hall–Kier alpha value is -3.54. The van der Waals surface area contributed by atoms with E-state index in [0.717, 1.165) is 12.8 Å². The molecule has 3 N–H and O–H groups in total. The van der Waals surface area contributed by atoms with Gasteiger partial charge in [0.25, 0.3) is 11.8 Å². The zero-order chi connectivity index (χ0) is 24.5. The van der Waals surface area contributed by atoms with Crippen LogP contribution in [0.3, 0.4) is 0 Å². The van der Waals surface area contributed by atoms with Crippen LogP contribution >= 0.6 is 0 Å². The number of hydrogen-bond donors (Lipinski definition) is 2. The number of rotatable bonds is 10. The molecule has 2 aromatic heterocycles. The van der Waals surface area contributed by atoms with Crippen molar-refractivity contribution in [3.63, 3.8) is 0 Å². The molecule has 0 unspecified atom stereocenters. The Kier molecular flexibility index (Phi) is 6.51. The highest BCUT2D eigenvalue weighted by atomic mass is 19.3. The van der Waals surface area contributed by atoms with E-state index in [0.29, 0.717) is 16.9 Å². The fraction of sp³-hybridized carbons (Fsp3) is 0.364. The fourth-order valence-electron chi connectivity index (χ4n) is 3.31. The van der Waals surface area contributed by atoms with Gasteiger partial charge in [-0.05, 0) is 31.0 Å². The Morgan fingerprint density at radius 2 is 2.03 bits per heavy atom. The van der Waals surface area contributed by atoms with Gasteiger partial charge in [-0.15, -0.1) is 0 Å². The molecule has 0 radical (unpaired) electrons. The number of nitrogens with two attached hydrogens (primary N) is 1. The lowest BCUT2D eigenvalue weighted by Gasteiger charge is -2.16. The van der Waals surface area contributed by atoms with Crippen molar-refractivity contribution in [3.05, 3.63) is 42.2 Å². The van der Waals surface area contributed by atoms with E-state index in [-0.39, 0.29) is 28.9 Å². The van der Waals surface area contributed by atoms with Crippen LogP contribution in [0.5, 0.6) is 17.2 Å². The number of aromatic nitrogens is 2. The van der Waals surface area contributed by atoms with Gasteiger partial charge >= 0.3 is 6.61 Å². The van der Waals surface area contributed by atoms with Gasteiger partial charge in [-0.3, -0.25) is 9.20 Å². The molecule has 0 spiro atoms. The molecule has 1 saturated carbocycles. The fourth-order valence-corrected chi connectivity index (χ4v) is 3.31. The Morgan fingerprint density at radius 3 is 2.68 bits per heavy atom. The molecule has 1 amide bonds. The molecule has 182 valence electrons. The van der Waals surface area contributed by atoms with Crippen molar-refractivity contribution in [3.8, 4) is 28.5 Å². The first-order valence-corrected chi connectivity index (χ1v) is 10.4. The molecule has 4 rings (SSSR count). The van der Waals surface area contributed by atoms with E-state index < -0.39 is 31.6 Å². The van der Waals surface area contributed by atoms with Gasteiger partial charge in [0.05, 0.1) is 25.5 Å². The van der Waals surface area contributed by atoms with Crippen LogP contribution in [-0.2, 0) is 0 Å². The Balaban J connectivity index is 1.70. The van der Waals surface area contributed by atoms with Crippen LogP contribution in [0.4, 0.5) is 17.6 Å². The molecular formula is C22H22F4N4O4. The lowest BCUT2D eigenvalue weighted by atomic mass is 10.1. The predicted molar refractivity (Wildman–Crippen MR) is 114 cm³/mol. The topological polar surface area (TPSA) is 100 Å². The molecule has 1 fully saturated rings. The molecule has 8 nitrogen and oxygen atoms in total. The van der Waals surface area contributed by atoms with E-state index in [9.17, 15) is 22.4 Å².